The Morgan fingerprint density at radius 2 is 1.82 bits per heavy atom. The molecule has 7 heteroatoms. The summed E-state index contributed by atoms with van der Waals surface area (Å²) in [5, 5.41) is 2.84. The summed E-state index contributed by atoms with van der Waals surface area (Å²) in [7, 11) is 1.71. The molecule has 1 aliphatic rings. The van der Waals surface area contributed by atoms with Crippen molar-refractivity contribution < 1.29 is 18.7 Å². The van der Waals surface area contributed by atoms with Gasteiger partial charge >= 0.3 is 0 Å². The van der Waals surface area contributed by atoms with Crippen LogP contribution in [0.25, 0.3) is 0 Å². The normalized spacial score (nSPS) is 18.2. The molecule has 2 unspecified atom stereocenters. The van der Waals surface area contributed by atoms with Crippen molar-refractivity contribution in [3.63, 3.8) is 0 Å². The Hall–Kier alpha value is -3.29. The SMILES string of the molecule is COC1CCN(c2cccc(C(=O)NCc3ccc(F)cc3)n2)CC1OCc1ccccc1. The monoisotopic (exact) mass is 449 g/mol. The van der Waals surface area contributed by atoms with Crippen molar-refractivity contribution in [2.24, 2.45) is 0 Å². The predicted octanol–water partition coefficient (Wildman–Crippen LogP) is 3.96. The molecular formula is C26H28FN3O3. The molecule has 0 spiro atoms. The van der Waals surface area contributed by atoms with Gasteiger partial charge in [-0.15, -0.1) is 0 Å². The number of hydrogen-bond acceptors (Lipinski definition) is 5. The molecular weight excluding hydrogens is 421 g/mol. The van der Waals surface area contributed by atoms with Gasteiger partial charge in [0.05, 0.1) is 12.7 Å². The number of piperidine rings is 1. The van der Waals surface area contributed by atoms with E-state index in [0.29, 0.717) is 25.4 Å². The van der Waals surface area contributed by atoms with Gasteiger partial charge in [-0.3, -0.25) is 4.79 Å². The number of nitrogens with one attached hydrogen (secondary N) is 1. The number of carbonyl (C=O) groups excluding carboxylic acids is 1. The number of rotatable bonds is 8. The summed E-state index contributed by atoms with van der Waals surface area (Å²) < 4.78 is 24.9. The minimum absolute atomic E-state index is 0.00662. The van der Waals surface area contributed by atoms with E-state index in [9.17, 15) is 9.18 Å². The highest BCUT2D eigenvalue weighted by Crippen LogP contribution is 2.23. The summed E-state index contributed by atoms with van der Waals surface area (Å²) in [6.45, 7) is 2.20. The lowest BCUT2D eigenvalue weighted by atomic mass is 10.0. The average Bonchev–Trinajstić information content (AvgIpc) is 2.87. The molecule has 1 saturated heterocycles. The third-order valence-corrected chi connectivity index (χ3v) is 5.77. The molecule has 0 radical (unpaired) electrons. The Kier molecular flexibility index (Phi) is 7.65. The lowest BCUT2D eigenvalue weighted by Crippen LogP contribution is -2.49. The van der Waals surface area contributed by atoms with Crippen LogP contribution in [-0.4, -0.2) is 43.3 Å². The van der Waals surface area contributed by atoms with Gasteiger partial charge in [0.2, 0.25) is 0 Å². The average molecular weight is 450 g/mol. The van der Waals surface area contributed by atoms with E-state index in [-0.39, 0.29) is 23.9 Å². The van der Waals surface area contributed by atoms with E-state index in [2.05, 4.69) is 15.2 Å². The Bertz CT molecular complexity index is 1050. The fourth-order valence-corrected chi connectivity index (χ4v) is 3.91. The third-order valence-electron chi connectivity index (χ3n) is 5.77. The molecule has 1 aromatic heterocycles. The van der Waals surface area contributed by atoms with E-state index in [4.69, 9.17) is 9.47 Å². The van der Waals surface area contributed by atoms with Crippen LogP contribution in [0.4, 0.5) is 10.2 Å². The zero-order valence-electron chi connectivity index (χ0n) is 18.6. The van der Waals surface area contributed by atoms with E-state index in [0.717, 1.165) is 29.9 Å². The quantitative estimate of drug-likeness (QED) is 0.564. The molecule has 1 fully saturated rings. The number of ether oxygens (including phenoxy) is 2. The molecule has 4 rings (SSSR count). The lowest BCUT2D eigenvalue weighted by molar-refractivity contribution is -0.0704. The first-order valence-corrected chi connectivity index (χ1v) is 11.1. The second-order valence-corrected chi connectivity index (χ2v) is 8.03. The maximum Gasteiger partial charge on any atom is 0.270 e. The molecule has 1 N–H and O–H groups in total. The van der Waals surface area contributed by atoms with Gasteiger partial charge in [0.1, 0.15) is 23.4 Å². The van der Waals surface area contributed by atoms with Gasteiger partial charge in [0, 0.05) is 26.7 Å². The van der Waals surface area contributed by atoms with Crippen molar-refractivity contribution in [3.8, 4) is 0 Å². The Labute approximate surface area is 193 Å². The highest BCUT2D eigenvalue weighted by atomic mass is 19.1. The molecule has 0 saturated carbocycles. The number of benzene rings is 2. The first-order valence-electron chi connectivity index (χ1n) is 11.1. The number of pyridine rings is 1. The predicted molar refractivity (Wildman–Crippen MR) is 124 cm³/mol. The lowest BCUT2D eigenvalue weighted by Gasteiger charge is -2.38. The number of halogens is 1. The van der Waals surface area contributed by atoms with E-state index < -0.39 is 0 Å². The molecule has 6 nitrogen and oxygen atoms in total. The number of methoxy groups -OCH3 is 1. The van der Waals surface area contributed by atoms with Crippen molar-refractivity contribution in [3.05, 3.63) is 95.4 Å². The van der Waals surface area contributed by atoms with Crippen LogP contribution in [-0.2, 0) is 22.6 Å². The minimum Gasteiger partial charge on any atom is -0.379 e. The highest BCUT2D eigenvalue weighted by molar-refractivity contribution is 5.92. The van der Waals surface area contributed by atoms with Crippen LogP contribution in [0.1, 0.15) is 28.0 Å². The van der Waals surface area contributed by atoms with E-state index in [1.165, 1.54) is 12.1 Å². The summed E-state index contributed by atoms with van der Waals surface area (Å²) >= 11 is 0. The number of aromatic nitrogens is 1. The number of hydrogen-bond donors (Lipinski definition) is 1. The summed E-state index contributed by atoms with van der Waals surface area (Å²) in [6.07, 6.45) is 0.701. The second kappa shape index (κ2) is 11.0. The van der Waals surface area contributed by atoms with Gasteiger partial charge in [0.15, 0.2) is 0 Å². The third kappa shape index (κ3) is 6.15. The maximum atomic E-state index is 13.1. The fraction of sp³-hybridized carbons (Fsp3) is 0.308. The van der Waals surface area contributed by atoms with Crippen LogP contribution in [0.2, 0.25) is 0 Å². The van der Waals surface area contributed by atoms with Crippen LogP contribution in [0.5, 0.6) is 0 Å². The van der Waals surface area contributed by atoms with Crippen molar-refractivity contribution in [2.45, 2.75) is 31.8 Å². The molecule has 0 aliphatic carbocycles. The fourth-order valence-electron chi connectivity index (χ4n) is 3.91. The second-order valence-electron chi connectivity index (χ2n) is 8.03. The first kappa shape index (κ1) is 22.9. The molecule has 3 aromatic rings. The van der Waals surface area contributed by atoms with Gasteiger partial charge in [-0.25, -0.2) is 9.37 Å². The van der Waals surface area contributed by atoms with Crippen LogP contribution in [0, 0.1) is 5.82 Å². The van der Waals surface area contributed by atoms with Gasteiger partial charge < -0.3 is 19.7 Å². The van der Waals surface area contributed by atoms with Crippen molar-refractivity contribution in [2.75, 3.05) is 25.1 Å². The van der Waals surface area contributed by atoms with E-state index in [1.54, 1.807) is 25.3 Å². The topological polar surface area (TPSA) is 63.7 Å². The molecule has 2 atom stereocenters. The highest BCUT2D eigenvalue weighted by Gasteiger charge is 2.31. The number of anilines is 1. The van der Waals surface area contributed by atoms with E-state index >= 15 is 0 Å². The standard InChI is InChI=1S/C26H28FN3O3/c1-32-23-14-15-30(17-24(23)33-18-20-6-3-2-4-7-20)25-9-5-8-22(29-25)26(31)28-16-19-10-12-21(27)13-11-19/h2-13,23-24H,14-18H2,1H3,(H,28,31). The van der Waals surface area contributed by atoms with Crippen molar-refractivity contribution in [1.29, 1.82) is 0 Å². The zero-order chi connectivity index (χ0) is 23.0. The Morgan fingerprint density at radius 1 is 1.03 bits per heavy atom. The molecule has 1 amide bonds. The first-order chi connectivity index (χ1) is 16.1. The van der Waals surface area contributed by atoms with Crippen molar-refractivity contribution in [1.82, 2.24) is 10.3 Å². The minimum atomic E-state index is -0.303. The number of nitrogens with zero attached hydrogens (tertiary/aromatic N) is 2. The summed E-state index contributed by atoms with van der Waals surface area (Å²) in [4.78, 5) is 19.3. The molecule has 0 bridgehead atoms. The van der Waals surface area contributed by atoms with Gasteiger partial charge in [-0.1, -0.05) is 48.5 Å². The van der Waals surface area contributed by atoms with Crippen LogP contribution in [0.15, 0.2) is 72.8 Å². The van der Waals surface area contributed by atoms with Crippen LogP contribution >= 0.6 is 0 Å². The van der Waals surface area contributed by atoms with E-state index in [1.807, 2.05) is 42.5 Å². The number of carbonyl (C=O) groups is 1. The Morgan fingerprint density at radius 3 is 2.58 bits per heavy atom. The Balaban J connectivity index is 1.38. The number of amides is 1. The zero-order valence-corrected chi connectivity index (χ0v) is 18.6. The van der Waals surface area contributed by atoms with Gasteiger partial charge in [-0.2, -0.15) is 0 Å². The smallest absolute Gasteiger partial charge is 0.270 e. The molecule has 2 aromatic carbocycles. The van der Waals surface area contributed by atoms with Gasteiger partial charge in [0.25, 0.3) is 5.91 Å². The largest absolute Gasteiger partial charge is 0.379 e. The van der Waals surface area contributed by atoms with Crippen LogP contribution < -0.4 is 10.2 Å². The van der Waals surface area contributed by atoms with Gasteiger partial charge in [-0.05, 0) is 41.8 Å². The summed E-state index contributed by atoms with van der Waals surface area (Å²) in [6, 6.07) is 21.5. The molecule has 1 aliphatic heterocycles. The molecule has 33 heavy (non-hydrogen) atoms. The summed E-state index contributed by atoms with van der Waals surface area (Å²) in [5.74, 6) is 0.153. The summed E-state index contributed by atoms with van der Waals surface area (Å²) in [5.41, 5.74) is 2.27. The van der Waals surface area contributed by atoms with Crippen LogP contribution in [0.3, 0.4) is 0 Å². The maximum absolute atomic E-state index is 13.1. The van der Waals surface area contributed by atoms with Crippen molar-refractivity contribution >= 4 is 11.7 Å². The molecule has 2 heterocycles. The molecule has 172 valence electrons.